The van der Waals surface area contributed by atoms with E-state index in [0.29, 0.717) is 12.1 Å². The fourth-order valence-electron chi connectivity index (χ4n) is 2.12. The van der Waals surface area contributed by atoms with E-state index in [-0.39, 0.29) is 0 Å². The van der Waals surface area contributed by atoms with Crippen LogP contribution < -0.4 is 5.32 Å². The van der Waals surface area contributed by atoms with Crippen molar-refractivity contribution in [3.8, 4) is 0 Å². The van der Waals surface area contributed by atoms with Gasteiger partial charge in [-0.1, -0.05) is 32.6 Å². The van der Waals surface area contributed by atoms with Gasteiger partial charge < -0.3 is 10.1 Å². The van der Waals surface area contributed by atoms with Crippen molar-refractivity contribution in [2.45, 2.75) is 70.9 Å². The fourth-order valence-corrected chi connectivity index (χ4v) is 2.12. The first-order valence-electron chi connectivity index (χ1n) is 6.68. The van der Waals surface area contributed by atoms with Gasteiger partial charge in [0.05, 0.1) is 12.7 Å². The van der Waals surface area contributed by atoms with Gasteiger partial charge in [-0.25, -0.2) is 0 Å². The molecule has 1 unspecified atom stereocenters. The molecule has 0 aliphatic carbocycles. The molecule has 0 bridgehead atoms. The molecule has 0 radical (unpaired) electrons. The van der Waals surface area contributed by atoms with Crippen LogP contribution in [0.3, 0.4) is 0 Å². The van der Waals surface area contributed by atoms with Crippen LogP contribution in [0.4, 0.5) is 0 Å². The first-order valence-corrected chi connectivity index (χ1v) is 6.68. The van der Waals surface area contributed by atoms with Crippen LogP contribution in [0.1, 0.15) is 58.8 Å². The Morgan fingerprint density at radius 3 is 2.87 bits per heavy atom. The van der Waals surface area contributed by atoms with Crippen molar-refractivity contribution in [1.82, 2.24) is 5.32 Å². The molecule has 1 saturated heterocycles. The monoisotopic (exact) mass is 213 g/mol. The van der Waals surface area contributed by atoms with E-state index in [1.165, 1.54) is 51.5 Å². The SMILES string of the molecule is CCCCCCC(C)OC[C@@H]1CCCN1. The third kappa shape index (κ3) is 6.16. The van der Waals surface area contributed by atoms with Gasteiger partial charge in [0.2, 0.25) is 0 Å². The van der Waals surface area contributed by atoms with Crippen LogP contribution in [0.5, 0.6) is 0 Å². The van der Waals surface area contributed by atoms with Crippen molar-refractivity contribution in [1.29, 1.82) is 0 Å². The summed E-state index contributed by atoms with van der Waals surface area (Å²) < 4.78 is 5.84. The van der Waals surface area contributed by atoms with E-state index in [1.807, 2.05) is 0 Å². The van der Waals surface area contributed by atoms with E-state index in [1.54, 1.807) is 0 Å². The van der Waals surface area contributed by atoms with E-state index in [4.69, 9.17) is 4.74 Å². The Balaban J connectivity index is 1.90. The van der Waals surface area contributed by atoms with Crippen molar-refractivity contribution in [3.05, 3.63) is 0 Å². The summed E-state index contributed by atoms with van der Waals surface area (Å²) in [5, 5.41) is 3.46. The summed E-state index contributed by atoms with van der Waals surface area (Å²) in [5.74, 6) is 0. The van der Waals surface area contributed by atoms with Gasteiger partial charge in [-0.3, -0.25) is 0 Å². The molecule has 90 valence electrons. The van der Waals surface area contributed by atoms with Gasteiger partial charge in [0.25, 0.3) is 0 Å². The Bertz CT molecular complexity index is 143. The molecular formula is C13H27NO. The number of rotatable bonds is 8. The Labute approximate surface area is 94.8 Å². The molecule has 1 heterocycles. The minimum Gasteiger partial charge on any atom is -0.377 e. The molecule has 1 N–H and O–H groups in total. The molecule has 0 spiro atoms. The summed E-state index contributed by atoms with van der Waals surface area (Å²) in [6.07, 6.45) is 9.68. The smallest absolute Gasteiger partial charge is 0.0623 e. The molecule has 0 aromatic carbocycles. The van der Waals surface area contributed by atoms with Gasteiger partial charge >= 0.3 is 0 Å². The normalized spacial score (nSPS) is 23.2. The molecule has 2 heteroatoms. The lowest BCUT2D eigenvalue weighted by atomic mass is 10.1. The lowest BCUT2D eigenvalue weighted by molar-refractivity contribution is 0.0462. The second-order valence-electron chi connectivity index (χ2n) is 4.79. The van der Waals surface area contributed by atoms with Crippen LogP contribution in [0.15, 0.2) is 0 Å². The maximum atomic E-state index is 5.84. The largest absolute Gasteiger partial charge is 0.377 e. The van der Waals surface area contributed by atoms with Gasteiger partial charge in [0, 0.05) is 6.04 Å². The predicted molar refractivity (Wildman–Crippen MR) is 65.2 cm³/mol. The minimum absolute atomic E-state index is 0.448. The lowest BCUT2D eigenvalue weighted by Gasteiger charge is -2.16. The van der Waals surface area contributed by atoms with Crippen molar-refractivity contribution in [2.75, 3.05) is 13.2 Å². The highest BCUT2D eigenvalue weighted by Gasteiger charge is 2.14. The molecule has 0 aromatic heterocycles. The van der Waals surface area contributed by atoms with Gasteiger partial charge in [0.15, 0.2) is 0 Å². The van der Waals surface area contributed by atoms with Crippen LogP contribution in [0.25, 0.3) is 0 Å². The summed E-state index contributed by atoms with van der Waals surface area (Å²) >= 11 is 0. The zero-order chi connectivity index (χ0) is 10.9. The maximum absolute atomic E-state index is 5.84. The Kier molecular flexibility index (Phi) is 7.03. The van der Waals surface area contributed by atoms with Gasteiger partial charge in [-0.05, 0) is 32.7 Å². The average Bonchev–Trinajstić information content (AvgIpc) is 2.74. The molecule has 0 saturated carbocycles. The lowest BCUT2D eigenvalue weighted by Crippen LogP contribution is -2.28. The van der Waals surface area contributed by atoms with Crippen molar-refractivity contribution < 1.29 is 4.74 Å². The molecule has 1 aliphatic heterocycles. The number of ether oxygens (including phenoxy) is 1. The van der Waals surface area contributed by atoms with Crippen LogP contribution in [-0.4, -0.2) is 25.3 Å². The van der Waals surface area contributed by atoms with E-state index in [0.717, 1.165) is 6.61 Å². The Morgan fingerprint density at radius 2 is 2.20 bits per heavy atom. The molecule has 2 atom stereocenters. The highest BCUT2D eigenvalue weighted by Crippen LogP contribution is 2.10. The summed E-state index contributed by atoms with van der Waals surface area (Å²) in [6.45, 7) is 6.56. The molecule has 15 heavy (non-hydrogen) atoms. The summed E-state index contributed by atoms with van der Waals surface area (Å²) in [7, 11) is 0. The number of unbranched alkanes of at least 4 members (excludes halogenated alkanes) is 3. The number of hydrogen-bond acceptors (Lipinski definition) is 2. The Morgan fingerprint density at radius 1 is 1.33 bits per heavy atom. The molecule has 1 aliphatic rings. The van der Waals surface area contributed by atoms with Crippen LogP contribution >= 0.6 is 0 Å². The molecular weight excluding hydrogens is 186 g/mol. The summed E-state index contributed by atoms with van der Waals surface area (Å²) in [5.41, 5.74) is 0. The quantitative estimate of drug-likeness (QED) is 0.626. The van der Waals surface area contributed by atoms with Gasteiger partial charge in [-0.2, -0.15) is 0 Å². The zero-order valence-electron chi connectivity index (χ0n) is 10.4. The molecule has 1 fully saturated rings. The third-order valence-electron chi connectivity index (χ3n) is 3.21. The zero-order valence-corrected chi connectivity index (χ0v) is 10.4. The van der Waals surface area contributed by atoms with Crippen molar-refractivity contribution in [3.63, 3.8) is 0 Å². The first-order chi connectivity index (χ1) is 7.33. The second kappa shape index (κ2) is 8.12. The van der Waals surface area contributed by atoms with Crippen molar-refractivity contribution >= 4 is 0 Å². The second-order valence-corrected chi connectivity index (χ2v) is 4.79. The van der Waals surface area contributed by atoms with Crippen LogP contribution in [0, 0.1) is 0 Å². The molecule has 0 aromatic rings. The topological polar surface area (TPSA) is 21.3 Å². The highest BCUT2D eigenvalue weighted by atomic mass is 16.5. The summed E-state index contributed by atoms with van der Waals surface area (Å²) in [6, 6.07) is 0.628. The average molecular weight is 213 g/mol. The fraction of sp³-hybridized carbons (Fsp3) is 1.00. The highest BCUT2D eigenvalue weighted by molar-refractivity contribution is 4.73. The van der Waals surface area contributed by atoms with Gasteiger partial charge in [-0.15, -0.1) is 0 Å². The summed E-state index contributed by atoms with van der Waals surface area (Å²) in [4.78, 5) is 0. The van der Waals surface area contributed by atoms with Crippen molar-refractivity contribution in [2.24, 2.45) is 0 Å². The number of hydrogen-bond donors (Lipinski definition) is 1. The van der Waals surface area contributed by atoms with Crippen LogP contribution in [-0.2, 0) is 4.74 Å². The maximum Gasteiger partial charge on any atom is 0.0623 e. The van der Waals surface area contributed by atoms with Crippen LogP contribution in [0.2, 0.25) is 0 Å². The minimum atomic E-state index is 0.448. The predicted octanol–water partition coefficient (Wildman–Crippen LogP) is 3.11. The van der Waals surface area contributed by atoms with E-state index in [2.05, 4.69) is 19.2 Å². The molecule has 0 amide bonds. The van der Waals surface area contributed by atoms with E-state index in [9.17, 15) is 0 Å². The third-order valence-corrected chi connectivity index (χ3v) is 3.21. The van der Waals surface area contributed by atoms with E-state index < -0.39 is 0 Å². The Hall–Kier alpha value is -0.0800. The van der Waals surface area contributed by atoms with E-state index >= 15 is 0 Å². The molecule has 1 rings (SSSR count). The number of nitrogens with one attached hydrogen (secondary N) is 1. The molecule has 2 nitrogen and oxygen atoms in total. The van der Waals surface area contributed by atoms with Gasteiger partial charge in [0.1, 0.15) is 0 Å². The first kappa shape index (κ1) is 13.0. The standard InChI is InChI=1S/C13H27NO/c1-3-4-5-6-8-12(2)15-11-13-9-7-10-14-13/h12-14H,3-11H2,1-2H3/t12?,13-/m0/s1.